The maximum absolute atomic E-state index is 13.0. The predicted molar refractivity (Wildman–Crippen MR) is 101 cm³/mol. The fourth-order valence-electron chi connectivity index (χ4n) is 2.27. The minimum Gasteiger partial charge on any atom is -0.352 e. The number of carbonyl (C=O) groups excluding carboxylic acids is 1. The molecule has 1 fully saturated rings. The standard InChI is InChI=1S/C17H17IN2O3S/c18-13-6-10-15(11-7-13)20(12-17(21)19-14-8-9-14)24(22,23)16-4-2-1-3-5-16/h1-7,10-11,14H,8-9,12H2,(H,19,21). The van der Waals surface area contributed by atoms with Gasteiger partial charge in [-0.25, -0.2) is 8.42 Å². The molecule has 1 amide bonds. The molecule has 1 N–H and O–H groups in total. The molecule has 7 heteroatoms. The zero-order chi connectivity index (χ0) is 17.2. The number of hydrogen-bond acceptors (Lipinski definition) is 3. The molecule has 1 saturated carbocycles. The fraction of sp³-hybridized carbons (Fsp3) is 0.235. The Kier molecular flexibility index (Phi) is 5.09. The minimum atomic E-state index is -3.81. The van der Waals surface area contributed by atoms with Gasteiger partial charge in [0.05, 0.1) is 10.6 Å². The van der Waals surface area contributed by atoms with Crippen molar-refractivity contribution in [2.24, 2.45) is 0 Å². The summed E-state index contributed by atoms with van der Waals surface area (Å²) < 4.78 is 28.2. The summed E-state index contributed by atoms with van der Waals surface area (Å²) in [7, 11) is -3.81. The molecule has 0 aromatic heterocycles. The molecule has 3 rings (SSSR count). The summed E-state index contributed by atoms with van der Waals surface area (Å²) in [6.45, 7) is -0.228. The Bertz CT molecular complexity index is 819. The van der Waals surface area contributed by atoms with Crippen LogP contribution in [-0.4, -0.2) is 26.9 Å². The maximum atomic E-state index is 13.0. The van der Waals surface area contributed by atoms with Crippen LogP contribution >= 0.6 is 22.6 Å². The van der Waals surface area contributed by atoms with E-state index in [0.29, 0.717) is 5.69 Å². The van der Waals surface area contributed by atoms with Crippen LogP contribution in [0, 0.1) is 3.57 Å². The average molecular weight is 456 g/mol. The molecule has 2 aromatic rings. The number of hydrogen-bond donors (Lipinski definition) is 1. The van der Waals surface area contributed by atoms with Crippen molar-refractivity contribution in [1.29, 1.82) is 0 Å². The number of anilines is 1. The van der Waals surface area contributed by atoms with E-state index in [1.165, 1.54) is 12.1 Å². The smallest absolute Gasteiger partial charge is 0.264 e. The molecule has 126 valence electrons. The molecule has 0 spiro atoms. The van der Waals surface area contributed by atoms with Gasteiger partial charge in [-0.1, -0.05) is 18.2 Å². The number of halogens is 1. The van der Waals surface area contributed by atoms with Crippen LogP contribution < -0.4 is 9.62 Å². The molecule has 1 aliphatic rings. The highest BCUT2D eigenvalue weighted by atomic mass is 127. The molecule has 1 aliphatic carbocycles. The number of benzene rings is 2. The SMILES string of the molecule is O=C(CN(c1ccc(I)cc1)S(=O)(=O)c1ccccc1)NC1CC1. The van der Waals surface area contributed by atoms with Gasteiger partial charge in [0.15, 0.2) is 0 Å². The van der Waals surface area contributed by atoms with Gasteiger partial charge < -0.3 is 5.32 Å². The maximum Gasteiger partial charge on any atom is 0.264 e. The van der Waals surface area contributed by atoms with Crippen molar-refractivity contribution in [2.45, 2.75) is 23.8 Å². The summed E-state index contributed by atoms with van der Waals surface area (Å²) in [6, 6.07) is 15.4. The normalized spacial score (nSPS) is 14.2. The molecule has 0 radical (unpaired) electrons. The van der Waals surface area contributed by atoms with Crippen molar-refractivity contribution in [1.82, 2.24) is 5.32 Å². The molecule has 0 heterocycles. The first-order valence-corrected chi connectivity index (χ1v) is 10.1. The summed E-state index contributed by atoms with van der Waals surface area (Å²) in [5, 5.41) is 2.84. The highest BCUT2D eigenvalue weighted by Crippen LogP contribution is 2.25. The van der Waals surface area contributed by atoms with Crippen LogP contribution in [0.25, 0.3) is 0 Å². The van der Waals surface area contributed by atoms with Gasteiger partial charge >= 0.3 is 0 Å². The average Bonchev–Trinajstić information content (AvgIpc) is 3.38. The van der Waals surface area contributed by atoms with Gasteiger partial charge in [0, 0.05) is 9.61 Å². The van der Waals surface area contributed by atoms with E-state index in [2.05, 4.69) is 27.9 Å². The Morgan fingerprint density at radius 1 is 1.08 bits per heavy atom. The van der Waals surface area contributed by atoms with Gasteiger partial charge in [-0.15, -0.1) is 0 Å². The van der Waals surface area contributed by atoms with Crippen molar-refractivity contribution in [3.8, 4) is 0 Å². The molecule has 0 aliphatic heterocycles. The molecule has 2 aromatic carbocycles. The van der Waals surface area contributed by atoms with E-state index >= 15 is 0 Å². The third kappa shape index (κ3) is 4.07. The Hall–Kier alpha value is -1.61. The Labute approximate surface area is 155 Å². The van der Waals surface area contributed by atoms with Gasteiger partial charge in [-0.3, -0.25) is 9.10 Å². The number of nitrogens with one attached hydrogen (secondary N) is 1. The third-order valence-corrected chi connectivity index (χ3v) is 6.18. The van der Waals surface area contributed by atoms with Crippen LogP contribution in [0.15, 0.2) is 59.5 Å². The first-order valence-electron chi connectivity index (χ1n) is 7.59. The summed E-state index contributed by atoms with van der Waals surface area (Å²) in [4.78, 5) is 12.4. The number of amides is 1. The predicted octanol–water partition coefficient (Wildman–Crippen LogP) is 2.77. The van der Waals surface area contributed by atoms with Gasteiger partial charge in [0.25, 0.3) is 10.0 Å². The van der Waals surface area contributed by atoms with Crippen LogP contribution in [-0.2, 0) is 14.8 Å². The van der Waals surface area contributed by atoms with E-state index in [4.69, 9.17) is 0 Å². The van der Waals surface area contributed by atoms with Crippen LogP contribution in [0.4, 0.5) is 5.69 Å². The van der Waals surface area contributed by atoms with E-state index in [1.807, 2.05) is 12.1 Å². The Morgan fingerprint density at radius 2 is 1.71 bits per heavy atom. The van der Waals surface area contributed by atoms with Gasteiger partial charge in [-0.05, 0) is 71.8 Å². The van der Waals surface area contributed by atoms with E-state index in [1.54, 1.807) is 30.3 Å². The number of rotatable bonds is 6. The Balaban J connectivity index is 1.94. The first-order chi connectivity index (χ1) is 11.5. The van der Waals surface area contributed by atoms with Crippen molar-refractivity contribution in [2.75, 3.05) is 10.8 Å². The van der Waals surface area contributed by atoms with E-state index in [9.17, 15) is 13.2 Å². The Morgan fingerprint density at radius 3 is 2.29 bits per heavy atom. The number of sulfonamides is 1. The lowest BCUT2D eigenvalue weighted by Gasteiger charge is -2.24. The second kappa shape index (κ2) is 7.10. The molecule has 0 atom stereocenters. The summed E-state index contributed by atoms with van der Waals surface area (Å²) in [5.74, 6) is -0.282. The molecule has 24 heavy (non-hydrogen) atoms. The van der Waals surface area contributed by atoms with Crippen LogP contribution in [0.5, 0.6) is 0 Å². The van der Waals surface area contributed by atoms with Gasteiger partial charge in [0.2, 0.25) is 5.91 Å². The fourth-order valence-corrected chi connectivity index (χ4v) is 4.08. The lowest BCUT2D eigenvalue weighted by Crippen LogP contribution is -2.41. The van der Waals surface area contributed by atoms with E-state index < -0.39 is 10.0 Å². The van der Waals surface area contributed by atoms with Crippen molar-refractivity contribution in [3.63, 3.8) is 0 Å². The minimum absolute atomic E-state index is 0.169. The van der Waals surface area contributed by atoms with Crippen molar-refractivity contribution in [3.05, 3.63) is 58.2 Å². The number of carbonyl (C=O) groups is 1. The molecule has 0 saturated heterocycles. The molecular weight excluding hydrogens is 439 g/mol. The molecular formula is C17H17IN2O3S. The van der Waals surface area contributed by atoms with Crippen molar-refractivity contribution < 1.29 is 13.2 Å². The quantitative estimate of drug-likeness (QED) is 0.681. The molecule has 0 unspecified atom stereocenters. The first kappa shape index (κ1) is 17.2. The lowest BCUT2D eigenvalue weighted by molar-refractivity contribution is -0.119. The highest BCUT2D eigenvalue weighted by Gasteiger charge is 2.29. The summed E-state index contributed by atoms with van der Waals surface area (Å²) >= 11 is 2.15. The van der Waals surface area contributed by atoms with E-state index in [0.717, 1.165) is 20.7 Å². The highest BCUT2D eigenvalue weighted by molar-refractivity contribution is 14.1. The zero-order valence-corrected chi connectivity index (χ0v) is 15.8. The van der Waals surface area contributed by atoms with Gasteiger partial charge in [-0.2, -0.15) is 0 Å². The molecule has 5 nitrogen and oxygen atoms in total. The summed E-state index contributed by atoms with van der Waals surface area (Å²) in [6.07, 6.45) is 1.92. The van der Waals surface area contributed by atoms with Crippen LogP contribution in [0.3, 0.4) is 0 Å². The second-order valence-corrected chi connectivity index (χ2v) is 8.75. The van der Waals surface area contributed by atoms with Crippen LogP contribution in [0.2, 0.25) is 0 Å². The topological polar surface area (TPSA) is 66.5 Å². The third-order valence-electron chi connectivity index (χ3n) is 3.68. The zero-order valence-electron chi connectivity index (χ0n) is 12.9. The van der Waals surface area contributed by atoms with Crippen LogP contribution in [0.1, 0.15) is 12.8 Å². The summed E-state index contributed by atoms with van der Waals surface area (Å²) in [5.41, 5.74) is 0.477. The lowest BCUT2D eigenvalue weighted by atomic mass is 10.3. The second-order valence-electron chi connectivity index (χ2n) is 5.64. The van der Waals surface area contributed by atoms with Gasteiger partial charge in [0.1, 0.15) is 6.54 Å². The molecule has 0 bridgehead atoms. The number of nitrogens with zero attached hydrogens (tertiary/aromatic N) is 1. The largest absolute Gasteiger partial charge is 0.352 e. The van der Waals surface area contributed by atoms with E-state index in [-0.39, 0.29) is 23.4 Å². The van der Waals surface area contributed by atoms with Crippen molar-refractivity contribution >= 4 is 44.2 Å². The monoisotopic (exact) mass is 456 g/mol.